The molecule has 0 aromatic heterocycles. The Morgan fingerprint density at radius 3 is 2.82 bits per heavy atom. The minimum Gasteiger partial charge on any atom is -0.462 e. The molecule has 0 N–H and O–H groups in total. The summed E-state index contributed by atoms with van der Waals surface area (Å²) in [5.41, 5.74) is 1.08. The highest BCUT2D eigenvalue weighted by Crippen LogP contribution is 2.39. The van der Waals surface area contributed by atoms with Gasteiger partial charge in [0.2, 0.25) is 11.7 Å². The molecule has 1 amide bonds. The number of halogens is 1. The van der Waals surface area contributed by atoms with Gasteiger partial charge in [-0.2, -0.15) is 0 Å². The average Bonchev–Trinajstić information content (AvgIpc) is 3.32. The van der Waals surface area contributed by atoms with Gasteiger partial charge in [0.05, 0.1) is 6.61 Å². The van der Waals surface area contributed by atoms with Crippen LogP contribution in [0.15, 0.2) is 22.7 Å². The lowest BCUT2D eigenvalue weighted by Crippen LogP contribution is -2.52. The van der Waals surface area contributed by atoms with Crippen LogP contribution >= 0.6 is 15.9 Å². The Kier molecular flexibility index (Phi) is 3.65. The average molecular weight is 366 g/mol. The first-order chi connectivity index (χ1) is 10.6. The topological polar surface area (TPSA) is 38.8 Å². The van der Waals surface area contributed by atoms with Gasteiger partial charge < -0.3 is 14.4 Å². The Labute approximate surface area is 138 Å². The number of benzene rings is 1. The van der Waals surface area contributed by atoms with Crippen LogP contribution in [0.5, 0.6) is 5.75 Å². The number of fused-ring (bicyclic) bond motifs is 1. The smallest absolute Gasteiger partial charge is 0.222 e. The number of likely N-dealkylation sites (tertiary alicyclic amines) is 1. The number of piperidine rings is 1. The largest absolute Gasteiger partial charge is 0.462 e. The van der Waals surface area contributed by atoms with Crippen molar-refractivity contribution in [2.75, 3.05) is 13.1 Å². The number of rotatable bonds is 2. The van der Waals surface area contributed by atoms with Crippen molar-refractivity contribution >= 4 is 21.8 Å². The Hall–Kier alpha value is -1.07. The van der Waals surface area contributed by atoms with E-state index in [0.717, 1.165) is 48.1 Å². The molecule has 22 heavy (non-hydrogen) atoms. The summed E-state index contributed by atoms with van der Waals surface area (Å²) < 4.78 is 13.2. The summed E-state index contributed by atoms with van der Waals surface area (Å²) >= 11 is 3.47. The molecule has 118 valence electrons. The Balaban J connectivity index is 1.40. The molecule has 2 heterocycles. The zero-order chi connectivity index (χ0) is 15.2. The van der Waals surface area contributed by atoms with Crippen molar-refractivity contribution < 1.29 is 14.3 Å². The number of hydrogen-bond acceptors (Lipinski definition) is 3. The Bertz CT molecular complexity index is 592. The molecular formula is C17H20BrNO3. The van der Waals surface area contributed by atoms with Crippen LogP contribution in [0.3, 0.4) is 0 Å². The third-order valence-corrected chi connectivity index (χ3v) is 5.34. The predicted molar refractivity (Wildman–Crippen MR) is 85.4 cm³/mol. The van der Waals surface area contributed by atoms with Crippen LogP contribution in [0.1, 0.15) is 37.7 Å². The molecule has 0 bridgehead atoms. The Morgan fingerprint density at radius 1 is 1.32 bits per heavy atom. The van der Waals surface area contributed by atoms with Crippen LogP contribution in [0.4, 0.5) is 0 Å². The fourth-order valence-electron chi connectivity index (χ4n) is 3.24. The molecule has 0 atom stereocenters. The third kappa shape index (κ3) is 2.88. The van der Waals surface area contributed by atoms with Crippen LogP contribution < -0.4 is 4.74 Å². The standard InChI is InChI=1S/C17H20BrNO3/c18-14-3-4-15-13(10-14)11-21-17(22-15)5-7-19(8-6-17)16(20)9-12-1-2-12/h3-4,10,12H,1-2,5-9,11H2. The molecule has 0 unspecified atom stereocenters. The first-order valence-corrected chi connectivity index (χ1v) is 8.82. The monoisotopic (exact) mass is 365 g/mol. The van der Waals surface area contributed by atoms with Crippen LogP contribution in [-0.2, 0) is 16.1 Å². The molecular weight excluding hydrogens is 346 g/mol. The molecule has 3 aliphatic rings. The molecule has 2 aliphatic heterocycles. The number of nitrogens with zero attached hydrogens (tertiary/aromatic N) is 1. The van der Waals surface area contributed by atoms with Gasteiger partial charge in [0.1, 0.15) is 5.75 Å². The highest BCUT2D eigenvalue weighted by atomic mass is 79.9. The van der Waals surface area contributed by atoms with Crippen LogP contribution in [0.25, 0.3) is 0 Å². The fourth-order valence-corrected chi connectivity index (χ4v) is 3.65. The molecule has 4 nitrogen and oxygen atoms in total. The van der Waals surface area contributed by atoms with Gasteiger partial charge in [-0.25, -0.2) is 0 Å². The van der Waals surface area contributed by atoms with Crippen LogP contribution in [0.2, 0.25) is 0 Å². The van der Waals surface area contributed by atoms with E-state index in [2.05, 4.69) is 15.9 Å². The number of hydrogen-bond donors (Lipinski definition) is 0. The van der Waals surface area contributed by atoms with Gasteiger partial charge in [-0.3, -0.25) is 4.79 Å². The lowest BCUT2D eigenvalue weighted by atomic mass is 10.0. The van der Waals surface area contributed by atoms with E-state index < -0.39 is 5.79 Å². The maximum absolute atomic E-state index is 12.2. The maximum Gasteiger partial charge on any atom is 0.222 e. The quantitative estimate of drug-likeness (QED) is 0.805. The van der Waals surface area contributed by atoms with E-state index in [1.807, 2.05) is 23.1 Å². The number of amides is 1. The second kappa shape index (κ2) is 5.53. The van der Waals surface area contributed by atoms with Crippen LogP contribution in [0, 0.1) is 5.92 Å². The lowest BCUT2D eigenvalue weighted by molar-refractivity contribution is -0.227. The van der Waals surface area contributed by atoms with Crippen molar-refractivity contribution in [3.8, 4) is 5.75 Å². The molecule has 5 heteroatoms. The van der Waals surface area contributed by atoms with E-state index >= 15 is 0 Å². The summed E-state index contributed by atoms with van der Waals surface area (Å²) in [6.07, 6.45) is 4.67. The summed E-state index contributed by atoms with van der Waals surface area (Å²) in [5.74, 6) is 1.32. The van der Waals surface area contributed by atoms with Crippen LogP contribution in [-0.4, -0.2) is 29.7 Å². The number of carbonyl (C=O) groups is 1. The summed E-state index contributed by atoms with van der Waals surface area (Å²) in [5, 5.41) is 0. The molecule has 1 aromatic carbocycles. The number of carbonyl (C=O) groups excluding carboxylic acids is 1. The predicted octanol–water partition coefficient (Wildman–Crippen LogP) is 3.48. The molecule has 2 fully saturated rings. The van der Waals surface area contributed by atoms with Gasteiger partial charge in [-0.1, -0.05) is 15.9 Å². The fraction of sp³-hybridized carbons (Fsp3) is 0.588. The van der Waals surface area contributed by atoms with Gasteiger partial charge in [-0.05, 0) is 37.0 Å². The van der Waals surface area contributed by atoms with Gasteiger partial charge in [0.15, 0.2) is 0 Å². The third-order valence-electron chi connectivity index (χ3n) is 4.85. The lowest BCUT2D eigenvalue weighted by Gasteiger charge is -2.44. The second-order valence-electron chi connectivity index (χ2n) is 6.58. The first-order valence-electron chi connectivity index (χ1n) is 8.03. The normalized spacial score (nSPS) is 23.0. The van der Waals surface area contributed by atoms with Gasteiger partial charge in [0, 0.05) is 42.4 Å². The minimum atomic E-state index is -0.544. The molecule has 1 spiro atoms. The molecule has 0 radical (unpaired) electrons. The van der Waals surface area contributed by atoms with E-state index in [-0.39, 0.29) is 0 Å². The second-order valence-corrected chi connectivity index (χ2v) is 7.50. The van der Waals surface area contributed by atoms with E-state index in [1.165, 1.54) is 12.8 Å². The van der Waals surface area contributed by atoms with E-state index in [1.54, 1.807) is 0 Å². The van der Waals surface area contributed by atoms with E-state index in [4.69, 9.17) is 9.47 Å². The minimum absolute atomic E-state index is 0.303. The van der Waals surface area contributed by atoms with E-state index in [9.17, 15) is 4.79 Å². The highest BCUT2D eigenvalue weighted by Gasteiger charge is 2.42. The number of ether oxygens (including phenoxy) is 2. The summed E-state index contributed by atoms with van der Waals surface area (Å²) in [6, 6.07) is 6.02. The molecule has 1 aliphatic carbocycles. The maximum atomic E-state index is 12.2. The summed E-state index contributed by atoms with van der Waals surface area (Å²) in [6.45, 7) is 2.04. The van der Waals surface area contributed by atoms with Crippen molar-refractivity contribution in [3.63, 3.8) is 0 Å². The SMILES string of the molecule is O=C(CC1CC1)N1CCC2(CC1)OCc1cc(Br)ccc1O2. The van der Waals surface area contributed by atoms with Gasteiger partial charge >= 0.3 is 0 Å². The zero-order valence-corrected chi connectivity index (χ0v) is 14.1. The summed E-state index contributed by atoms with van der Waals surface area (Å²) in [4.78, 5) is 14.2. The Morgan fingerprint density at radius 2 is 2.09 bits per heavy atom. The van der Waals surface area contributed by atoms with Crippen molar-refractivity contribution in [1.82, 2.24) is 4.90 Å². The van der Waals surface area contributed by atoms with Crippen molar-refractivity contribution in [2.24, 2.45) is 5.92 Å². The van der Waals surface area contributed by atoms with Gasteiger partial charge in [0.25, 0.3) is 0 Å². The molecule has 4 rings (SSSR count). The van der Waals surface area contributed by atoms with E-state index in [0.29, 0.717) is 18.4 Å². The highest BCUT2D eigenvalue weighted by molar-refractivity contribution is 9.10. The molecule has 1 saturated heterocycles. The summed E-state index contributed by atoms with van der Waals surface area (Å²) in [7, 11) is 0. The van der Waals surface area contributed by atoms with Crippen molar-refractivity contribution in [2.45, 2.75) is 44.5 Å². The molecule has 1 aromatic rings. The van der Waals surface area contributed by atoms with Gasteiger partial charge in [-0.15, -0.1) is 0 Å². The first kappa shape index (κ1) is 14.5. The zero-order valence-electron chi connectivity index (χ0n) is 12.5. The van der Waals surface area contributed by atoms with Crippen molar-refractivity contribution in [1.29, 1.82) is 0 Å². The molecule has 1 saturated carbocycles. The van der Waals surface area contributed by atoms with Crippen molar-refractivity contribution in [3.05, 3.63) is 28.2 Å².